The number of rotatable bonds is 2. The molecule has 146 valence electrons. The molecule has 0 fully saturated rings. The van der Waals surface area contributed by atoms with E-state index in [0.717, 1.165) is 6.20 Å². The Kier molecular flexibility index (Phi) is 6.33. The fraction of sp³-hybridized carbons (Fsp3) is 0.143. The van der Waals surface area contributed by atoms with Gasteiger partial charge in [-0.25, -0.2) is 9.59 Å². The third kappa shape index (κ3) is 5.83. The van der Waals surface area contributed by atoms with Crippen molar-refractivity contribution in [2.45, 2.75) is 12.4 Å². The van der Waals surface area contributed by atoms with Crippen molar-refractivity contribution in [2.75, 3.05) is 0 Å². The van der Waals surface area contributed by atoms with Crippen LogP contribution in [0.3, 0.4) is 0 Å². The minimum Gasteiger partial charge on any atom is -0.619 e. The van der Waals surface area contributed by atoms with E-state index in [1.54, 1.807) is 0 Å². The first-order chi connectivity index (χ1) is 12.2. The van der Waals surface area contributed by atoms with Gasteiger partial charge in [0.2, 0.25) is 0 Å². The average molecular weight is 398 g/mol. The molecule has 0 aliphatic carbocycles. The molecule has 0 radical (unpaired) electrons. The molecule has 0 unspecified atom stereocenters. The first-order valence-electron chi connectivity index (χ1n) is 6.53. The van der Waals surface area contributed by atoms with E-state index in [1.807, 2.05) is 0 Å². The van der Waals surface area contributed by atoms with Crippen LogP contribution >= 0.6 is 0 Å². The lowest BCUT2D eigenvalue weighted by Gasteiger charge is -2.08. The van der Waals surface area contributed by atoms with Crippen LogP contribution in [0.15, 0.2) is 36.9 Å². The Morgan fingerprint density at radius 3 is 1.81 bits per heavy atom. The van der Waals surface area contributed by atoms with Gasteiger partial charge in [0.05, 0.1) is 16.7 Å². The molecule has 0 saturated carbocycles. The van der Waals surface area contributed by atoms with Crippen molar-refractivity contribution in [2.24, 2.45) is 0 Å². The van der Waals surface area contributed by atoms with E-state index in [-0.39, 0.29) is 4.73 Å². The zero-order valence-electron chi connectivity index (χ0n) is 12.7. The summed E-state index contributed by atoms with van der Waals surface area (Å²) in [6, 6.07) is 1.06. The van der Waals surface area contributed by atoms with Crippen LogP contribution in [-0.2, 0) is 12.4 Å². The fourth-order valence-corrected chi connectivity index (χ4v) is 1.71. The van der Waals surface area contributed by atoms with Crippen molar-refractivity contribution in [1.82, 2.24) is 4.98 Å². The van der Waals surface area contributed by atoms with Crippen LogP contribution in [0.1, 0.15) is 31.8 Å². The maximum atomic E-state index is 12.2. The predicted octanol–water partition coefficient (Wildman–Crippen LogP) is 2.84. The Labute approximate surface area is 145 Å². The molecule has 0 aromatic carbocycles. The SMILES string of the molecule is O=C(O)c1c[n+]([O-])ccc1C(F)(F)F.O=C(O)c1cnccc1C(F)(F)F. The van der Waals surface area contributed by atoms with Crippen LogP contribution < -0.4 is 4.73 Å². The summed E-state index contributed by atoms with van der Waals surface area (Å²) in [5, 5.41) is 27.4. The third-order valence-corrected chi connectivity index (χ3v) is 2.83. The molecule has 0 amide bonds. The van der Waals surface area contributed by atoms with Gasteiger partial charge in [0.25, 0.3) is 0 Å². The third-order valence-electron chi connectivity index (χ3n) is 2.83. The van der Waals surface area contributed by atoms with Crippen LogP contribution in [-0.4, -0.2) is 27.1 Å². The number of pyridine rings is 2. The standard InChI is InChI=1S/C7H4F3NO3.C7H4F3NO2/c8-7(9,10)5-1-2-11(14)3-4(5)6(12)13;8-7(9,10)5-1-2-11-3-4(5)6(12)13/h1-3H,(H,12,13);1-3H,(H,12,13). The lowest BCUT2D eigenvalue weighted by atomic mass is 10.1. The molecule has 0 aliphatic heterocycles. The summed E-state index contributed by atoms with van der Waals surface area (Å²) < 4.78 is 72.8. The van der Waals surface area contributed by atoms with Gasteiger partial charge in [0.1, 0.15) is 5.56 Å². The van der Waals surface area contributed by atoms with Gasteiger partial charge < -0.3 is 15.4 Å². The van der Waals surface area contributed by atoms with Gasteiger partial charge in [-0.15, -0.1) is 0 Å². The second-order valence-electron chi connectivity index (χ2n) is 4.66. The van der Waals surface area contributed by atoms with Crippen molar-refractivity contribution in [3.63, 3.8) is 0 Å². The van der Waals surface area contributed by atoms with E-state index in [0.29, 0.717) is 30.7 Å². The predicted molar refractivity (Wildman–Crippen MR) is 73.6 cm³/mol. The van der Waals surface area contributed by atoms with Gasteiger partial charge >= 0.3 is 24.3 Å². The van der Waals surface area contributed by atoms with Crippen LogP contribution in [0.25, 0.3) is 0 Å². The van der Waals surface area contributed by atoms with Crippen molar-refractivity contribution in [3.8, 4) is 0 Å². The van der Waals surface area contributed by atoms with Gasteiger partial charge in [-0.3, -0.25) is 4.98 Å². The lowest BCUT2D eigenvalue weighted by molar-refractivity contribution is -0.605. The van der Waals surface area contributed by atoms with E-state index >= 15 is 0 Å². The summed E-state index contributed by atoms with van der Waals surface area (Å²) in [5.74, 6) is -3.43. The minimum absolute atomic E-state index is 0.00130. The molecule has 2 aromatic heterocycles. The molecule has 0 saturated heterocycles. The molecular formula is C14H8F6N2O5. The smallest absolute Gasteiger partial charge is 0.417 e. The highest BCUT2D eigenvalue weighted by Crippen LogP contribution is 2.31. The monoisotopic (exact) mass is 398 g/mol. The van der Waals surface area contributed by atoms with E-state index in [1.165, 1.54) is 0 Å². The lowest BCUT2D eigenvalue weighted by Crippen LogP contribution is -2.28. The summed E-state index contributed by atoms with van der Waals surface area (Å²) >= 11 is 0. The Morgan fingerprint density at radius 2 is 1.41 bits per heavy atom. The summed E-state index contributed by atoms with van der Waals surface area (Å²) in [5.41, 5.74) is -4.42. The zero-order chi connectivity index (χ0) is 21.0. The average Bonchev–Trinajstić information content (AvgIpc) is 2.53. The van der Waals surface area contributed by atoms with Crippen LogP contribution in [0.4, 0.5) is 26.3 Å². The summed E-state index contributed by atoms with van der Waals surface area (Å²) in [6.45, 7) is 0. The largest absolute Gasteiger partial charge is 0.619 e. The second kappa shape index (κ2) is 7.88. The Bertz CT molecular complexity index is 851. The van der Waals surface area contributed by atoms with Crippen molar-refractivity contribution in [1.29, 1.82) is 0 Å². The number of hydrogen-bond donors (Lipinski definition) is 2. The van der Waals surface area contributed by atoms with Crippen LogP contribution in [0, 0.1) is 5.21 Å². The number of halogens is 6. The van der Waals surface area contributed by atoms with Crippen molar-refractivity contribution in [3.05, 3.63) is 64.4 Å². The molecule has 2 rings (SSSR count). The molecule has 2 N–H and O–H groups in total. The van der Waals surface area contributed by atoms with Crippen LogP contribution in [0.5, 0.6) is 0 Å². The molecule has 0 bridgehead atoms. The topological polar surface area (TPSA) is 114 Å². The first-order valence-corrected chi connectivity index (χ1v) is 6.53. The minimum atomic E-state index is -4.78. The fourth-order valence-electron chi connectivity index (χ4n) is 1.71. The van der Waals surface area contributed by atoms with Crippen LogP contribution in [0.2, 0.25) is 0 Å². The van der Waals surface area contributed by atoms with Gasteiger partial charge in [0, 0.05) is 18.5 Å². The number of nitrogens with zero attached hydrogens (tertiary/aromatic N) is 2. The van der Waals surface area contributed by atoms with E-state index < -0.39 is 46.5 Å². The normalized spacial score (nSPS) is 11.3. The molecule has 2 aromatic rings. The second-order valence-corrected chi connectivity index (χ2v) is 4.66. The summed E-state index contributed by atoms with van der Waals surface area (Å²) in [7, 11) is 0. The number of aromatic nitrogens is 2. The van der Waals surface area contributed by atoms with Gasteiger partial charge in [0.15, 0.2) is 12.4 Å². The molecule has 13 heteroatoms. The highest BCUT2D eigenvalue weighted by molar-refractivity contribution is 5.89. The van der Waals surface area contributed by atoms with Gasteiger partial charge in [-0.1, -0.05) is 0 Å². The molecule has 0 atom stereocenters. The number of alkyl halides is 6. The molecule has 27 heavy (non-hydrogen) atoms. The number of carboxylic acid groups (broad SMARTS) is 2. The number of carbonyl (C=O) groups is 2. The Hall–Kier alpha value is -3.38. The summed E-state index contributed by atoms with van der Waals surface area (Å²) in [4.78, 5) is 24.0. The molecular weight excluding hydrogens is 390 g/mol. The van der Waals surface area contributed by atoms with E-state index in [2.05, 4.69) is 4.98 Å². The van der Waals surface area contributed by atoms with Gasteiger partial charge in [-0.2, -0.15) is 31.1 Å². The Morgan fingerprint density at radius 1 is 0.926 bits per heavy atom. The summed E-state index contributed by atoms with van der Waals surface area (Å²) in [6.07, 6.45) is -6.90. The quantitative estimate of drug-likeness (QED) is 0.457. The maximum absolute atomic E-state index is 12.2. The molecule has 2 heterocycles. The highest BCUT2D eigenvalue weighted by Gasteiger charge is 2.37. The van der Waals surface area contributed by atoms with Crippen molar-refractivity contribution < 1.29 is 50.9 Å². The van der Waals surface area contributed by atoms with Gasteiger partial charge in [-0.05, 0) is 6.07 Å². The zero-order valence-corrected chi connectivity index (χ0v) is 12.7. The Balaban J connectivity index is 0.000000271. The van der Waals surface area contributed by atoms with Crippen molar-refractivity contribution >= 4 is 11.9 Å². The number of carboxylic acids is 2. The molecule has 0 spiro atoms. The molecule has 0 aliphatic rings. The number of hydrogen-bond acceptors (Lipinski definition) is 4. The van der Waals surface area contributed by atoms with E-state index in [4.69, 9.17) is 10.2 Å². The first kappa shape index (κ1) is 21.7. The maximum Gasteiger partial charge on any atom is 0.417 e. The number of aromatic carboxylic acids is 2. The van der Waals surface area contributed by atoms with E-state index in [9.17, 15) is 41.1 Å². The highest BCUT2D eigenvalue weighted by atomic mass is 19.4. The molecule has 7 nitrogen and oxygen atoms in total.